The second-order valence-electron chi connectivity index (χ2n) is 4.35. The Bertz CT molecular complexity index is 666. The molecular weight excluding hydrogens is 290 g/mol. The summed E-state index contributed by atoms with van der Waals surface area (Å²) in [5.74, 6) is -2.00. The van der Waals surface area contributed by atoms with Crippen LogP contribution in [0.1, 0.15) is 16.8 Å². The summed E-state index contributed by atoms with van der Waals surface area (Å²) in [6, 6.07) is 14.7. The molecule has 2 aromatic rings. The Labute approximate surface area is 126 Å². The Morgan fingerprint density at radius 2 is 1.52 bits per heavy atom. The molecule has 106 valence electrons. The first-order valence-corrected chi connectivity index (χ1v) is 6.62. The summed E-state index contributed by atoms with van der Waals surface area (Å²) in [7, 11) is 0. The van der Waals surface area contributed by atoms with E-state index in [2.05, 4.69) is 5.32 Å². The van der Waals surface area contributed by atoms with Crippen molar-refractivity contribution in [1.29, 1.82) is 0 Å². The summed E-state index contributed by atoms with van der Waals surface area (Å²) in [5.41, 5.74) is 0.857. The number of ketones is 2. The molecule has 0 atom stereocenters. The summed E-state index contributed by atoms with van der Waals surface area (Å²) in [6.45, 7) is 0. The molecule has 0 aliphatic heterocycles. The second-order valence-corrected chi connectivity index (χ2v) is 4.79. The minimum Gasteiger partial charge on any atom is -0.319 e. The number of halogens is 1. The van der Waals surface area contributed by atoms with Crippen LogP contribution in [0.2, 0.25) is 5.02 Å². The highest BCUT2D eigenvalue weighted by Gasteiger charge is 2.18. The van der Waals surface area contributed by atoms with Crippen molar-refractivity contribution >= 4 is 34.8 Å². The van der Waals surface area contributed by atoms with Crippen molar-refractivity contribution < 1.29 is 14.4 Å². The van der Waals surface area contributed by atoms with Crippen molar-refractivity contribution in [1.82, 2.24) is 0 Å². The van der Waals surface area contributed by atoms with Gasteiger partial charge in [-0.3, -0.25) is 14.4 Å². The zero-order valence-corrected chi connectivity index (χ0v) is 11.8. The zero-order valence-electron chi connectivity index (χ0n) is 11.0. The van der Waals surface area contributed by atoms with Crippen LogP contribution in [-0.2, 0) is 9.59 Å². The number of nitrogens with one attached hydrogen (secondary N) is 1. The maximum atomic E-state index is 11.9. The fourth-order valence-electron chi connectivity index (χ4n) is 1.69. The molecule has 0 fully saturated rings. The maximum absolute atomic E-state index is 11.9. The van der Waals surface area contributed by atoms with Crippen LogP contribution >= 0.6 is 11.6 Å². The van der Waals surface area contributed by atoms with Crippen molar-refractivity contribution in [2.75, 3.05) is 5.32 Å². The first kappa shape index (κ1) is 14.9. The lowest BCUT2D eigenvalue weighted by atomic mass is 10.1. The molecule has 5 heteroatoms. The molecule has 0 unspecified atom stereocenters. The fraction of sp³-hybridized carbons (Fsp3) is 0.0625. The van der Waals surface area contributed by atoms with Crippen molar-refractivity contribution in [3.05, 3.63) is 65.2 Å². The molecular formula is C16H12ClNO3. The number of hydrogen-bond donors (Lipinski definition) is 1. The lowest BCUT2D eigenvalue weighted by Crippen LogP contribution is -2.25. The molecule has 2 rings (SSSR count). The van der Waals surface area contributed by atoms with E-state index in [9.17, 15) is 14.4 Å². The van der Waals surface area contributed by atoms with Gasteiger partial charge in [0.15, 0.2) is 5.78 Å². The smallest absolute Gasteiger partial charge is 0.292 e. The van der Waals surface area contributed by atoms with Crippen LogP contribution in [0.15, 0.2) is 54.6 Å². The van der Waals surface area contributed by atoms with Crippen molar-refractivity contribution in [3.8, 4) is 0 Å². The summed E-state index contributed by atoms with van der Waals surface area (Å²) in [4.78, 5) is 35.3. The van der Waals surface area contributed by atoms with Crippen LogP contribution < -0.4 is 5.32 Å². The molecule has 0 saturated carbocycles. The molecule has 0 radical (unpaired) electrons. The number of amides is 1. The second kappa shape index (κ2) is 6.81. The van der Waals surface area contributed by atoms with E-state index < -0.39 is 23.9 Å². The average molecular weight is 302 g/mol. The van der Waals surface area contributed by atoms with Gasteiger partial charge in [0.05, 0.1) is 6.42 Å². The van der Waals surface area contributed by atoms with Gasteiger partial charge in [0.2, 0.25) is 5.78 Å². The Balaban J connectivity index is 1.96. The quantitative estimate of drug-likeness (QED) is 0.524. The number of Topliss-reactive ketones (excluding diaryl/α,β-unsaturated/α-hetero) is 2. The van der Waals surface area contributed by atoms with Gasteiger partial charge < -0.3 is 5.32 Å². The van der Waals surface area contributed by atoms with Crippen molar-refractivity contribution in [2.45, 2.75) is 6.42 Å². The van der Waals surface area contributed by atoms with Gasteiger partial charge in [-0.25, -0.2) is 0 Å². The Hall–Kier alpha value is -2.46. The minimum atomic E-state index is -0.802. The summed E-state index contributed by atoms with van der Waals surface area (Å²) in [6.07, 6.45) is -0.472. The standard InChI is InChI=1S/C16H12ClNO3/c17-12-8-6-11(7-9-12)14(19)10-15(20)16(21)18-13-4-2-1-3-5-13/h1-9H,10H2,(H,18,21). The number of anilines is 1. The van der Waals surface area contributed by atoms with E-state index in [0.29, 0.717) is 16.3 Å². The van der Waals surface area contributed by atoms with Gasteiger partial charge in [-0.2, -0.15) is 0 Å². The molecule has 1 N–H and O–H groups in total. The first-order chi connectivity index (χ1) is 10.1. The van der Waals surface area contributed by atoms with E-state index in [4.69, 9.17) is 11.6 Å². The Kier molecular flexibility index (Phi) is 4.85. The summed E-state index contributed by atoms with van der Waals surface area (Å²) in [5, 5.41) is 2.95. The van der Waals surface area contributed by atoms with E-state index >= 15 is 0 Å². The van der Waals surface area contributed by atoms with Crippen LogP contribution in [-0.4, -0.2) is 17.5 Å². The van der Waals surface area contributed by atoms with Gasteiger partial charge in [0.25, 0.3) is 5.91 Å². The zero-order chi connectivity index (χ0) is 15.2. The van der Waals surface area contributed by atoms with Gasteiger partial charge >= 0.3 is 0 Å². The van der Waals surface area contributed by atoms with E-state index in [0.717, 1.165) is 0 Å². The predicted octanol–water partition coefficient (Wildman–Crippen LogP) is 3.12. The Morgan fingerprint density at radius 3 is 2.14 bits per heavy atom. The Morgan fingerprint density at radius 1 is 0.905 bits per heavy atom. The average Bonchev–Trinajstić information content (AvgIpc) is 2.48. The number of hydrogen-bond acceptors (Lipinski definition) is 3. The predicted molar refractivity (Wildman–Crippen MR) is 80.5 cm³/mol. The molecule has 0 aromatic heterocycles. The molecule has 1 amide bonds. The lowest BCUT2D eigenvalue weighted by Gasteiger charge is -2.04. The molecule has 0 saturated heterocycles. The number of para-hydroxylation sites is 1. The molecule has 4 nitrogen and oxygen atoms in total. The number of benzene rings is 2. The summed E-state index contributed by atoms with van der Waals surface area (Å²) < 4.78 is 0. The normalized spacial score (nSPS) is 9.95. The SMILES string of the molecule is O=C(CC(=O)c1ccc(Cl)cc1)C(=O)Nc1ccccc1. The minimum absolute atomic E-state index is 0.347. The number of carbonyl (C=O) groups is 3. The largest absolute Gasteiger partial charge is 0.319 e. The molecule has 0 aliphatic rings. The van der Waals surface area contributed by atoms with Crippen LogP contribution in [0.5, 0.6) is 0 Å². The molecule has 0 aliphatic carbocycles. The van der Waals surface area contributed by atoms with E-state index in [-0.39, 0.29) is 0 Å². The maximum Gasteiger partial charge on any atom is 0.292 e. The van der Waals surface area contributed by atoms with Gasteiger partial charge in [-0.05, 0) is 36.4 Å². The third kappa shape index (κ3) is 4.26. The van der Waals surface area contributed by atoms with E-state index in [1.54, 1.807) is 42.5 Å². The highest BCUT2D eigenvalue weighted by Crippen LogP contribution is 2.12. The molecule has 21 heavy (non-hydrogen) atoms. The van der Waals surface area contributed by atoms with Crippen molar-refractivity contribution in [2.24, 2.45) is 0 Å². The first-order valence-electron chi connectivity index (χ1n) is 6.24. The number of rotatable bonds is 5. The molecule has 0 bridgehead atoms. The number of carbonyl (C=O) groups excluding carboxylic acids is 3. The van der Waals surface area contributed by atoms with Gasteiger partial charge in [-0.15, -0.1) is 0 Å². The highest BCUT2D eigenvalue weighted by molar-refractivity contribution is 6.44. The van der Waals surface area contributed by atoms with E-state index in [1.807, 2.05) is 0 Å². The monoisotopic (exact) mass is 301 g/mol. The van der Waals surface area contributed by atoms with Crippen LogP contribution in [0, 0.1) is 0 Å². The van der Waals surface area contributed by atoms with Gasteiger partial charge in [0, 0.05) is 16.3 Å². The van der Waals surface area contributed by atoms with Crippen LogP contribution in [0.25, 0.3) is 0 Å². The molecule has 0 spiro atoms. The molecule has 0 heterocycles. The third-order valence-corrected chi connectivity index (χ3v) is 3.02. The lowest BCUT2D eigenvalue weighted by molar-refractivity contribution is -0.134. The third-order valence-electron chi connectivity index (χ3n) is 2.77. The highest BCUT2D eigenvalue weighted by atomic mass is 35.5. The van der Waals surface area contributed by atoms with E-state index in [1.165, 1.54) is 12.1 Å². The van der Waals surface area contributed by atoms with Crippen LogP contribution in [0.3, 0.4) is 0 Å². The van der Waals surface area contributed by atoms with Gasteiger partial charge in [0.1, 0.15) is 0 Å². The topological polar surface area (TPSA) is 63.2 Å². The van der Waals surface area contributed by atoms with Gasteiger partial charge in [-0.1, -0.05) is 29.8 Å². The molecule has 2 aromatic carbocycles. The fourth-order valence-corrected chi connectivity index (χ4v) is 1.81. The summed E-state index contributed by atoms with van der Waals surface area (Å²) >= 11 is 5.72. The van der Waals surface area contributed by atoms with Crippen LogP contribution in [0.4, 0.5) is 5.69 Å². The van der Waals surface area contributed by atoms with Crippen molar-refractivity contribution in [3.63, 3.8) is 0 Å².